The third-order valence-electron chi connectivity index (χ3n) is 1.64. The molecule has 2 heteroatoms. The Bertz CT molecular complexity index is 226. The maximum absolute atomic E-state index is 11.4. The molecule has 0 aromatic heterocycles. The van der Waals surface area contributed by atoms with Gasteiger partial charge in [-0.05, 0) is 12.8 Å². The first kappa shape index (κ1) is 12.7. The van der Waals surface area contributed by atoms with Gasteiger partial charge in [0.15, 0.2) is 0 Å². The van der Waals surface area contributed by atoms with E-state index in [0.29, 0.717) is 12.0 Å². The Labute approximate surface area is 86.0 Å². The normalized spacial score (nSPS) is 10.8. The van der Waals surface area contributed by atoms with Gasteiger partial charge in [-0.3, -0.25) is 0 Å². The van der Waals surface area contributed by atoms with Crippen LogP contribution in [-0.4, -0.2) is 12.6 Å². The minimum atomic E-state index is -0.266. The van der Waals surface area contributed by atoms with Crippen LogP contribution in [-0.2, 0) is 9.53 Å². The third kappa shape index (κ3) is 5.36. The van der Waals surface area contributed by atoms with Crippen molar-refractivity contribution in [2.45, 2.75) is 26.2 Å². The summed E-state index contributed by atoms with van der Waals surface area (Å²) >= 11 is 0. The Kier molecular flexibility index (Phi) is 7.52. The van der Waals surface area contributed by atoms with E-state index in [0.717, 1.165) is 12.8 Å². The molecule has 2 nitrogen and oxygen atoms in total. The Hall–Kier alpha value is -1.31. The maximum atomic E-state index is 11.4. The molecule has 14 heavy (non-hydrogen) atoms. The average Bonchev–Trinajstić information content (AvgIpc) is 2.20. The molecule has 78 valence electrons. The summed E-state index contributed by atoms with van der Waals surface area (Å²) in [5, 5.41) is 0. The Balaban J connectivity index is 4.23. The lowest BCUT2D eigenvalue weighted by molar-refractivity contribution is -0.137. The van der Waals surface area contributed by atoms with Crippen LogP contribution in [0.3, 0.4) is 0 Å². The topological polar surface area (TPSA) is 26.3 Å². The van der Waals surface area contributed by atoms with Gasteiger partial charge < -0.3 is 4.74 Å². The van der Waals surface area contributed by atoms with Crippen LogP contribution in [0.25, 0.3) is 0 Å². The largest absolute Gasteiger partial charge is 0.458 e. The summed E-state index contributed by atoms with van der Waals surface area (Å²) in [7, 11) is 0. The smallest absolute Gasteiger partial charge is 0.334 e. The molecule has 0 saturated heterocycles. The molecule has 0 saturated carbocycles. The third-order valence-corrected chi connectivity index (χ3v) is 1.64. The number of esters is 1. The fourth-order valence-corrected chi connectivity index (χ4v) is 0.951. The summed E-state index contributed by atoms with van der Waals surface area (Å²) in [6.07, 6.45) is 7.66. The number of unbranched alkanes of at least 4 members (excludes halogenated alkanes) is 1. The number of allylic oxidation sites excluding steroid dienone is 2. The predicted octanol–water partition coefficient (Wildman–Crippen LogP) is 3.02. The Morgan fingerprint density at radius 2 is 2.07 bits per heavy atom. The van der Waals surface area contributed by atoms with Crippen LogP contribution < -0.4 is 0 Å². The van der Waals surface area contributed by atoms with Crippen LogP contribution in [0.5, 0.6) is 0 Å². The van der Waals surface area contributed by atoms with Crippen molar-refractivity contribution in [3.05, 3.63) is 37.0 Å². The lowest BCUT2D eigenvalue weighted by Crippen LogP contribution is -2.07. The van der Waals surface area contributed by atoms with E-state index in [-0.39, 0.29) is 12.6 Å². The van der Waals surface area contributed by atoms with E-state index in [1.54, 1.807) is 12.2 Å². The summed E-state index contributed by atoms with van der Waals surface area (Å²) in [4.78, 5) is 11.4. The van der Waals surface area contributed by atoms with E-state index in [1.807, 2.05) is 6.08 Å². The number of hydrogen-bond donors (Lipinski definition) is 0. The van der Waals surface area contributed by atoms with Gasteiger partial charge in [0.1, 0.15) is 6.61 Å². The number of hydrogen-bond acceptors (Lipinski definition) is 2. The van der Waals surface area contributed by atoms with Crippen molar-refractivity contribution in [1.82, 2.24) is 0 Å². The molecular weight excluding hydrogens is 176 g/mol. The SMILES string of the molecule is C=CCOC(=O)C(=CCCC)CC=C. The molecule has 0 fully saturated rings. The maximum Gasteiger partial charge on any atom is 0.334 e. The van der Waals surface area contributed by atoms with Crippen molar-refractivity contribution in [2.75, 3.05) is 6.61 Å². The molecule has 0 heterocycles. The first-order valence-corrected chi connectivity index (χ1v) is 4.84. The molecule has 0 unspecified atom stereocenters. The van der Waals surface area contributed by atoms with E-state index in [2.05, 4.69) is 20.1 Å². The van der Waals surface area contributed by atoms with Crippen molar-refractivity contribution in [2.24, 2.45) is 0 Å². The summed E-state index contributed by atoms with van der Waals surface area (Å²) in [6, 6.07) is 0. The summed E-state index contributed by atoms with van der Waals surface area (Å²) in [5.41, 5.74) is 0.684. The highest BCUT2D eigenvalue weighted by molar-refractivity contribution is 5.88. The van der Waals surface area contributed by atoms with Gasteiger partial charge >= 0.3 is 5.97 Å². The van der Waals surface area contributed by atoms with Gasteiger partial charge in [0.2, 0.25) is 0 Å². The van der Waals surface area contributed by atoms with E-state index < -0.39 is 0 Å². The van der Waals surface area contributed by atoms with E-state index in [4.69, 9.17) is 4.74 Å². The van der Waals surface area contributed by atoms with Crippen LogP contribution >= 0.6 is 0 Å². The molecule has 0 N–H and O–H groups in total. The lowest BCUT2D eigenvalue weighted by atomic mass is 10.1. The van der Waals surface area contributed by atoms with Gasteiger partial charge in [0.25, 0.3) is 0 Å². The average molecular weight is 194 g/mol. The summed E-state index contributed by atoms with van der Waals surface area (Å²) in [6.45, 7) is 9.42. The number of carbonyl (C=O) groups excluding carboxylic acids is 1. The predicted molar refractivity (Wildman–Crippen MR) is 59.0 cm³/mol. The lowest BCUT2D eigenvalue weighted by Gasteiger charge is -2.04. The fourth-order valence-electron chi connectivity index (χ4n) is 0.951. The molecular formula is C12H18O2. The van der Waals surface area contributed by atoms with Crippen LogP contribution in [0.15, 0.2) is 37.0 Å². The first-order chi connectivity index (χ1) is 6.76. The molecule has 0 amide bonds. The molecule has 0 rings (SSSR count). The summed E-state index contributed by atoms with van der Waals surface area (Å²) < 4.78 is 4.93. The summed E-state index contributed by atoms with van der Waals surface area (Å²) in [5.74, 6) is -0.266. The molecule has 0 aliphatic heterocycles. The van der Waals surface area contributed by atoms with Crippen LogP contribution in [0.4, 0.5) is 0 Å². The van der Waals surface area contributed by atoms with Crippen molar-refractivity contribution >= 4 is 5.97 Å². The van der Waals surface area contributed by atoms with Crippen LogP contribution in [0.2, 0.25) is 0 Å². The fraction of sp³-hybridized carbons (Fsp3) is 0.417. The van der Waals surface area contributed by atoms with E-state index in [9.17, 15) is 4.79 Å². The van der Waals surface area contributed by atoms with Gasteiger partial charge in [-0.1, -0.05) is 38.2 Å². The highest BCUT2D eigenvalue weighted by Crippen LogP contribution is 2.07. The first-order valence-electron chi connectivity index (χ1n) is 4.84. The van der Waals surface area contributed by atoms with E-state index >= 15 is 0 Å². The van der Waals surface area contributed by atoms with Gasteiger partial charge in [-0.2, -0.15) is 0 Å². The molecule has 0 atom stereocenters. The monoisotopic (exact) mass is 194 g/mol. The molecule has 0 aromatic carbocycles. The zero-order valence-corrected chi connectivity index (χ0v) is 8.79. The number of carbonyl (C=O) groups is 1. The van der Waals surface area contributed by atoms with Crippen LogP contribution in [0, 0.1) is 0 Å². The molecule has 0 aromatic rings. The zero-order chi connectivity index (χ0) is 10.8. The second-order valence-corrected chi connectivity index (χ2v) is 2.90. The van der Waals surface area contributed by atoms with Gasteiger partial charge in [-0.25, -0.2) is 4.79 Å². The molecule has 0 aliphatic carbocycles. The standard InChI is InChI=1S/C12H18O2/c1-4-7-9-11(8-5-2)12(13)14-10-6-3/h5-6,9H,2-4,7-8,10H2,1H3. The number of ether oxygens (including phenoxy) is 1. The second kappa shape index (κ2) is 8.30. The van der Waals surface area contributed by atoms with Crippen molar-refractivity contribution in [3.8, 4) is 0 Å². The Morgan fingerprint density at radius 1 is 1.36 bits per heavy atom. The van der Waals surface area contributed by atoms with E-state index in [1.165, 1.54) is 0 Å². The highest BCUT2D eigenvalue weighted by Gasteiger charge is 2.07. The molecule has 0 aliphatic rings. The van der Waals surface area contributed by atoms with Crippen molar-refractivity contribution < 1.29 is 9.53 Å². The second-order valence-electron chi connectivity index (χ2n) is 2.90. The Morgan fingerprint density at radius 3 is 2.57 bits per heavy atom. The van der Waals surface area contributed by atoms with Crippen molar-refractivity contribution in [1.29, 1.82) is 0 Å². The van der Waals surface area contributed by atoms with Gasteiger partial charge in [-0.15, -0.1) is 6.58 Å². The molecule has 0 spiro atoms. The minimum absolute atomic E-state index is 0.263. The molecule has 0 radical (unpaired) electrons. The van der Waals surface area contributed by atoms with Crippen molar-refractivity contribution in [3.63, 3.8) is 0 Å². The number of rotatable bonds is 7. The zero-order valence-electron chi connectivity index (χ0n) is 8.79. The quantitative estimate of drug-likeness (QED) is 0.354. The molecule has 0 bridgehead atoms. The minimum Gasteiger partial charge on any atom is -0.458 e. The highest BCUT2D eigenvalue weighted by atomic mass is 16.5. The van der Waals surface area contributed by atoms with Gasteiger partial charge in [0.05, 0.1) is 0 Å². The van der Waals surface area contributed by atoms with Gasteiger partial charge in [0, 0.05) is 5.57 Å². The van der Waals surface area contributed by atoms with Crippen LogP contribution in [0.1, 0.15) is 26.2 Å².